The summed E-state index contributed by atoms with van der Waals surface area (Å²) < 4.78 is 5.39. The number of nitrogens with one attached hydrogen (secondary N) is 1. The van der Waals surface area contributed by atoms with Crippen molar-refractivity contribution in [2.45, 2.75) is 12.0 Å². The first-order valence-electron chi connectivity index (χ1n) is 11.2. The molecule has 0 aliphatic carbocycles. The smallest absolute Gasteiger partial charge is 0.238 e. The van der Waals surface area contributed by atoms with E-state index in [1.807, 2.05) is 17.0 Å². The molecule has 2 N–H and O–H groups in total. The maximum Gasteiger partial charge on any atom is 0.238 e. The Morgan fingerprint density at radius 1 is 1.13 bits per heavy atom. The summed E-state index contributed by atoms with van der Waals surface area (Å²) in [5.74, 6) is -0.0842. The summed E-state index contributed by atoms with van der Waals surface area (Å²) in [4.78, 5) is 21.5. The van der Waals surface area contributed by atoms with E-state index in [1.165, 1.54) is 0 Å². The van der Waals surface area contributed by atoms with Gasteiger partial charge in [-0.1, -0.05) is 11.6 Å². The number of likely N-dealkylation sites (tertiary alicyclic amines) is 1. The van der Waals surface area contributed by atoms with Crippen LogP contribution < -0.4 is 10.2 Å². The molecule has 3 fully saturated rings. The van der Waals surface area contributed by atoms with Crippen LogP contribution in [-0.2, 0) is 9.53 Å². The highest BCUT2D eigenvalue weighted by Crippen LogP contribution is 2.29. The molecule has 0 spiro atoms. The molecule has 1 atom stereocenters. The van der Waals surface area contributed by atoms with Crippen LogP contribution in [-0.4, -0.2) is 117 Å². The molecule has 3 aliphatic rings. The lowest BCUT2D eigenvalue weighted by atomic mass is 10.0. The number of benzene rings is 1. The highest BCUT2D eigenvalue weighted by molar-refractivity contribution is 6.33. The number of ether oxygens (including phenoxy) is 1. The summed E-state index contributed by atoms with van der Waals surface area (Å²) in [6, 6.07) is 5.65. The van der Waals surface area contributed by atoms with Gasteiger partial charge in [-0.2, -0.15) is 0 Å². The highest BCUT2D eigenvalue weighted by Gasteiger charge is 2.38. The molecule has 3 heterocycles. The lowest BCUT2D eigenvalue weighted by Crippen LogP contribution is -2.52. The third-order valence-electron chi connectivity index (χ3n) is 6.48. The Morgan fingerprint density at radius 3 is 2.58 bits per heavy atom. The molecule has 1 amide bonds. The number of piperazine rings is 1. The van der Waals surface area contributed by atoms with E-state index in [9.17, 15) is 9.90 Å². The van der Waals surface area contributed by atoms with Crippen molar-refractivity contribution in [3.8, 4) is 0 Å². The summed E-state index contributed by atoms with van der Waals surface area (Å²) in [6.07, 6.45) is 0.701. The van der Waals surface area contributed by atoms with Gasteiger partial charge >= 0.3 is 0 Å². The van der Waals surface area contributed by atoms with E-state index < -0.39 is 5.60 Å². The quantitative estimate of drug-likeness (QED) is 0.662. The van der Waals surface area contributed by atoms with Gasteiger partial charge in [0.05, 0.1) is 36.1 Å². The molecule has 0 radical (unpaired) electrons. The molecule has 0 aromatic heterocycles. The number of hydrogen-bond donors (Lipinski definition) is 2. The van der Waals surface area contributed by atoms with Crippen molar-refractivity contribution in [1.29, 1.82) is 0 Å². The molecule has 1 aromatic carbocycles. The number of likely N-dealkylation sites (N-methyl/N-ethyl adjacent to an activating group) is 1. The summed E-state index contributed by atoms with van der Waals surface area (Å²) in [7, 11) is 2.13. The lowest BCUT2D eigenvalue weighted by Gasteiger charge is -2.36. The number of rotatable bonds is 6. The fraction of sp³-hybridized carbons (Fsp3) is 0.682. The van der Waals surface area contributed by atoms with Crippen LogP contribution in [0.4, 0.5) is 11.4 Å². The fourth-order valence-electron chi connectivity index (χ4n) is 4.68. The molecule has 172 valence electrons. The summed E-state index contributed by atoms with van der Waals surface area (Å²) in [5, 5.41) is 14.6. The van der Waals surface area contributed by atoms with E-state index in [0.717, 1.165) is 51.5 Å². The van der Waals surface area contributed by atoms with Crippen LogP contribution in [0.15, 0.2) is 18.2 Å². The van der Waals surface area contributed by atoms with Gasteiger partial charge in [0, 0.05) is 64.6 Å². The number of morpholine rings is 1. The molecule has 31 heavy (non-hydrogen) atoms. The molecule has 0 unspecified atom stereocenters. The van der Waals surface area contributed by atoms with Crippen LogP contribution in [0.3, 0.4) is 0 Å². The number of carbonyl (C=O) groups is 1. The topological polar surface area (TPSA) is 71.5 Å². The first kappa shape index (κ1) is 22.8. The summed E-state index contributed by atoms with van der Waals surface area (Å²) >= 11 is 6.47. The minimum absolute atomic E-state index is 0.0842. The number of anilines is 2. The third-order valence-corrected chi connectivity index (χ3v) is 6.78. The van der Waals surface area contributed by atoms with Crippen LogP contribution >= 0.6 is 11.6 Å². The zero-order chi connectivity index (χ0) is 21.8. The molecule has 0 saturated carbocycles. The van der Waals surface area contributed by atoms with E-state index in [4.69, 9.17) is 16.3 Å². The maximum absolute atomic E-state index is 12.6. The predicted molar refractivity (Wildman–Crippen MR) is 123 cm³/mol. The Labute approximate surface area is 189 Å². The van der Waals surface area contributed by atoms with Gasteiger partial charge in [-0.15, -0.1) is 0 Å². The second-order valence-electron chi connectivity index (χ2n) is 9.08. The summed E-state index contributed by atoms with van der Waals surface area (Å²) in [6.45, 7) is 9.29. The van der Waals surface area contributed by atoms with Crippen molar-refractivity contribution in [2.24, 2.45) is 0 Å². The number of amides is 1. The van der Waals surface area contributed by atoms with Gasteiger partial charge in [-0.05, 0) is 31.7 Å². The van der Waals surface area contributed by atoms with Crippen molar-refractivity contribution in [3.05, 3.63) is 23.2 Å². The Bertz CT molecular complexity index is 768. The molecule has 3 aliphatic heterocycles. The molecule has 8 nitrogen and oxygen atoms in total. The van der Waals surface area contributed by atoms with Crippen LogP contribution in [0.5, 0.6) is 0 Å². The van der Waals surface area contributed by atoms with Crippen molar-refractivity contribution in [3.63, 3.8) is 0 Å². The molecular weight excluding hydrogens is 418 g/mol. The van der Waals surface area contributed by atoms with E-state index in [-0.39, 0.29) is 12.5 Å². The zero-order valence-corrected chi connectivity index (χ0v) is 19.1. The average molecular weight is 452 g/mol. The first-order valence-corrected chi connectivity index (χ1v) is 11.6. The third kappa shape index (κ3) is 6.09. The largest absolute Gasteiger partial charge is 0.387 e. The Kier molecular flexibility index (Phi) is 7.36. The van der Waals surface area contributed by atoms with Crippen molar-refractivity contribution in [2.75, 3.05) is 95.9 Å². The van der Waals surface area contributed by atoms with E-state index in [1.54, 1.807) is 6.07 Å². The van der Waals surface area contributed by atoms with Crippen molar-refractivity contribution in [1.82, 2.24) is 14.7 Å². The van der Waals surface area contributed by atoms with Gasteiger partial charge in [0.25, 0.3) is 0 Å². The molecule has 4 rings (SSSR count). The van der Waals surface area contributed by atoms with Crippen LogP contribution in [0.1, 0.15) is 6.42 Å². The SMILES string of the molecule is CN1CCN(C[C@]2(O)CCN(CC(=O)Nc3ccc(N4CCOCC4)c(Cl)c3)C2)CC1. The van der Waals surface area contributed by atoms with Gasteiger partial charge in [0.1, 0.15) is 0 Å². The highest BCUT2D eigenvalue weighted by atomic mass is 35.5. The minimum atomic E-state index is -0.737. The number of β-amino-alcohol motifs (C(OH)–C–C–N with tert-alkyl or cyclic N) is 1. The number of hydrogen-bond acceptors (Lipinski definition) is 7. The van der Waals surface area contributed by atoms with Crippen LogP contribution in [0, 0.1) is 0 Å². The maximum atomic E-state index is 12.6. The van der Waals surface area contributed by atoms with Gasteiger partial charge in [0.2, 0.25) is 5.91 Å². The average Bonchev–Trinajstić information content (AvgIpc) is 3.10. The monoisotopic (exact) mass is 451 g/mol. The van der Waals surface area contributed by atoms with Crippen LogP contribution in [0.25, 0.3) is 0 Å². The van der Waals surface area contributed by atoms with Crippen LogP contribution in [0.2, 0.25) is 5.02 Å². The van der Waals surface area contributed by atoms with Crippen molar-refractivity contribution >= 4 is 28.9 Å². The van der Waals surface area contributed by atoms with Gasteiger partial charge < -0.3 is 25.0 Å². The van der Waals surface area contributed by atoms with Gasteiger partial charge in [-0.25, -0.2) is 0 Å². The number of nitrogens with zero attached hydrogens (tertiary/aromatic N) is 4. The van der Waals surface area contributed by atoms with E-state index in [0.29, 0.717) is 43.4 Å². The second kappa shape index (κ2) is 10.0. The predicted octanol–water partition coefficient (Wildman–Crippen LogP) is 0.799. The molecule has 3 saturated heterocycles. The number of carbonyl (C=O) groups excluding carboxylic acids is 1. The molecule has 0 bridgehead atoms. The van der Waals surface area contributed by atoms with Crippen molar-refractivity contribution < 1.29 is 14.6 Å². The molecule has 1 aromatic rings. The van der Waals surface area contributed by atoms with Gasteiger partial charge in [-0.3, -0.25) is 14.6 Å². The van der Waals surface area contributed by atoms with E-state index >= 15 is 0 Å². The zero-order valence-electron chi connectivity index (χ0n) is 18.4. The summed E-state index contributed by atoms with van der Waals surface area (Å²) in [5.41, 5.74) is 0.926. The molecular formula is C22H34ClN5O3. The lowest BCUT2D eigenvalue weighted by molar-refractivity contribution is -0.117. The Hall–Kier alpha value is -1.42. The first-order chi connectivity index (χ1) is 14.9. The van der Waals surface area contributed by atoms with E-state index in [2.05, 4.69) is 27.1 Å². The number of halogens is 1. The standard InChI is InChI=1S/C22H34ClN5O3/c1-25-6-8-26(9-7-25)16-22(30)4-5-27(17-22)15-21(29)24-18-2-3-20(19(23)14-18)28-10-12-31-13-11-28/h2-3,14,30H,4-13,15-17H2,1H3,(H,24,29)/t22-/m1/s1. The Balaban J connectivity index is 1.26. The normalized spacial score (nSPS) is 26.4. The Morgan fingerprint density at radius 2 is 1.87 bits per heavy atom. The van der Waals surface area contributed by atoms with Gasteiger partial charge in [0.15, 0.2) is 0 Å². The molecule has 9 heteroatoms. The fourth-order valence-corrected chi connectivity index (χ4v) is 4.98. The minimum Gasteiger partial charge on any atom is -0.387 e. The second-order valence-corrected chi connectivity index (χ2v) is 9.49. The number of aliphatic hydroxyl groups is 1.